The Labute approximate surface area is 92.3 Å². The van der Waals surface area contributed by atoms with Crippen molar-refractivity contribution in [3.05, 3.63) is 0 Å². The fourth-order valence-corrected chi connectivity index (χ4v) is 4.80. The van der Waals surface area contributed by atoms with Crippen LogP contribution in [0, 0.1) is 0 Å². The summed E-state index contributed by atoms with van der Waals surface area (Å²) >= 11 is 5.06. The first-order valence-electron chi connectivity index (χ1n) is 4.12. The third-order valence-corrected chi connectivity index (χ3v) is 5.10. The van der Waals surface area contributed by atoms with Crippen LogP contribution >= 0.6 is 27.7 Å². The summed E-state index contributed by atoms with van der Waals surface area (Å²) in [6.07, 6.45) is 1.32. The molecule has 0 bridgehead atoms. The van der Waals surface area contributed by atoms with Crippen molar-refractivity contribution in [2.24, 2.45) is 0 Å². The summed E-state index contributed by atoms with van der Waals surface area (Å²) in [6, 6.07) is 0. The monoisotopic (exact) mass is 287 g/mol. The second kappa shape index (κ2) is 5.00. The van der Waals surface area contributed by atoms with Gasteiger partial charge in [0.2, 0.25) is 0 Å². The molecule has 1 rings (SSSR count). The minimum absolute atomic E-state index is 0.274. The first-order chi connectivity index (χ1) is 6.05. The normalized spacial score (nSPS) is 26.2. The van der Waals surface area contributed by atoms with E-state index in [4.69, 9.17) is 0 Å². The standard InChI is InChI=1S/C7H14BrNO2S2/c1-13(10,11)7-6-12-5-4-9(7)3-2-8/h7H,2-6H2,1H3. The molecule has 1 aliphatic rings. The smallest absolute Gasteiger partial charge is 0.164 e. The molecule has 3 nitrogen and oxygen atoms in total. The van der Waals surface area contributed by atoms with Crippen molar-refractivity contribution in [3.63, 3.8) is 0 Å². The molecule has 0 aliphatic carbocycles. The van der Waals surface area contributed by atoms with Crippen LogP contribution in [0.2, 0.25) is 0 Å². The average molecular weight is 288 g/mol. The van der Waals surface area contributed by atoms with Crippen LogP contribution in [-0.2, 0) is 9.84 Å². The quantitative estimate of drug-likeness (QED) is 0.720. The molecule has 0 amide bonds. The number of rotatable bonds is 3. The second-order valence-corrected chi connectivity index (χ2v) is 7.23. The van der Waals surface area contributed by atoms with Crippen LogP contribution in [0.15, 0.2) is 0 Å². The van der Waals surface area contributed by atoms with E-state index in [-0.39, 0.29) is 5.37 Å². The van der Waals surface area contributed by atoms with Crippen LogP contribution in [0.3, 0.4) is 0 Å². The van der Waals surface area contributed by atoms with Crippen molar-refractivity contribution >= 4 is 37.5 Å². The Morgan fingerprint density at radius 1 is 1.62 bits per heavy atom. The molecule has 0 spiro atoms. The molecule has 0 radical (unpaired) electrons. The topological polar surface area (TPSA) is 37.4 Å². The van der Waals surface area contributed by atoms with E-state index in [1.807, 2.05) is 4.90 Å². The number of thioether (sulfide) groups is 1. The lowest BCUT2D eigenvalue weighted by molar-refractivity contribution is 0.288. The maximum atomic E-state index is 11.4. The fourth-order valence-electron chi connectivity index (χ4n) is 1.37. The largest absolute Gasteiger partial charge is 0.285 e. The molecule has 1 atom stereocenters. The summed E-state index contributed by atoms with van der Waals surface area (Å²) in [5.74, 6) is 1.75. The predicted octanol–water partition coefficient (Wildman–Crippen LogP) is 0.801. The molecule has 0 aromatic rings. The first kappa shape index (κ1) is 11.8. The molecule has 0 aromatic heterocycles. The number of halogens is 1. The van der Waals surface area contributed by atoms with Crippen LogP contribution in [0.4, 0.5) is 0 Å². The SMILES string of the molecule is CS(=O)(=O)C1CSCCN1CCBr. The van der Waals surface area contributed by atoms with Crippen molar-refractivity contribution in [2.45, 2.75) is 5.37 Å². The Kier molecular flexibility index (Phi) is 4.54. The van der Waals surface area contributed by atoms with Crippen molar-refractivity contribution in [1.29, 1.82) is 0 Å². The zero-order chi connectivity index (χ0) is 9.90. The zero-order valence-corrected chi connectivity index (χ0v) is 10.8. The third kappa shape index (κ3) is 3.42. The van der Waals surface area contributed by atoms with Gasteiger partial charge in [-0.1, -0.05) is 15.9 Å². The molecule has 0 N–H and O–H groups in total. The number of nitrogens with zero attached hydrogens (tertiary/aromatic N) is 1. The Hall–Kier alpha value is 0.740. The van der Waals surface area contributed by atoms with Crippen molar-refractivity contribution in [3.8, 4) is 0 Å². The Balaban J connectivity index is 2.67. The molecule has 1 fully saturated rings. The highest BCUT2D eigenvalue weighted by molar-refractivity contribution is 9.09. The Bertz CT molecular complexity index is 253. The minimum atomic E-state index is -2.91. The number of sulfone groups is 1. The van der Waals surface area contributed by atoms with Gasteiger partial charge < -0.3 is 0 Å². The zero-order valence-electron chi connectivity index (χ0n) is 7.57. The molecule has 78 valence electrons. The molecule has 1 aliphatic heterocycles. The molecule has 1 saturated heterocycles. The second-order valence-electron chi connectivity index (χ2n) is 3.08. The summed E-state index contributed by atoms with van der Waals surface area (Å²) in [7, 11) is -2.91. The maximum Gasteiger partial charge on any atom is 0.164 e. The van der Waals surface area contributed by atoms with E-state index in [1.54, 1.807) is 11.8 Å². The molecule has 13 heavy (non-hydrogen) atoms. The summed E-state index contributed by atoms with van der Waals surface area (Å²) in [4.78, 5) is 2.04. The van der Waals surface area contributed by atoms with Gasteiger partial charge in [0.25, 0.3) is 0 Å². The van der Waals surface area contributed by atoms with Gasteiger partial charge in [0.1, 0.15) is 5.37 Å². The van der Waals surface area contributed by atoms with Gasteiger partial charge in [0, 0.05) is 36.2 Å². The van der Waals surface area contributed by atoms with Gasteiger partial charge in [-0.2, -0.15) is 11.8 Å². The lowest BCUT2D eigenvalue weighted by atomic mass is 10.5. The summed E-state index contributed by atoms with van der Waals surface area (Å²) < 4.78 is 22.8. The summed E-state index contributed by atoms with van der Waals surface area (Å²) in [6.45, 7) is 1.70. The number of alkyl halides is 1. The summed E-state index contributed by atoms with van der Waals surface area (Å²) in [5, 5.41) is 0.563. The predicted molar refractivity (Wildman–Crippen MR) is 61.3 cm³/mol. The van der Waals surface area contributed by atoms with Crippen LogP contribution in [-0.4, -0.2) is 54.9 Å². The Morgan fingerprint density at radius 3 is 2.85 bits per heavy atom. The van der Waals surface area contributed by atoms with E-state index in [0.717, 1.165) is 24.2 Å². The van der Waals surface area contributed by atoms with Crippen LogP contribution in [0.5, 0.6) is 0 Å². The van der Waals surface area contributed by atoms with Crippen LogP contribution in [0.25, 0.3) is 0 Å². The molecular formula is C7H14BrNO2S2. The van der Waals surface area contributed by atoms with Crippen molar-refractivity contribution < 1.29 is 8.42 Å². The van der Waals surface area contributed by atoms with E-state index in [9.17, 15) is 8.42 Å². The highest BCUT2D eigenvalue weighted by Crippen LogP contribution is 2.19. The maximum absolute atomic E-state index is 11.4. The molecule has 1 unspecified atom stereocenters. The minimum Gasteiger partial charge on any atom is -0.285 e. The van der Waals surface area contributed by atoms with Gasteiger partial charge in [0.15, 0.2) is 9.84 Å². The van der Waals surface area contributed by atoms with Gasteiger partial charge >= 0.3 is 0 Å². The summed E-state index contributed by atoms with van der Waals surface area (Å²) in [5.41, 5.74) is 0. The average Bonchev–Trinajstić information content (AvgIpc) is 2.04. The highest BCUT2D eigenvalue weighted by atomic mass is 79.9. The number of hydrogen-bond acceptors (Lipinski definition) is 4. The van der Waals surface area contributed by atoms with Gasteiger partial charge in [-0.3, -0.25) is 4.90 Å². The molecule has 6 heteroatoms. The van der Waals surface area contributed by atoms with E-state index < -0.39 is 9.84 Å². The van der Waals surface area contributed by atoms with Gasteiger partial charge in [0.05, 0.1) is 0 Å². The van der Waals surface area contributed by atoms with Gasteiger partial charge in [-0.25, -0.2) is 8.42 Å². The molecule has 0 saturated carbocycles. The number of hydrogen-bond donors (Lipinski definition) is 0. The molecule has 1 heterocycles. The third-order valence-electron chi connectivity index (χ3n) is 2.06. The first-order valence-corrected chi connectivity index (χ1v) is 8.35. The van der Waals surface area contributed by atoms with Gasteiger partial charge in [-0.15, -0.1) is 0 Å². The van der Waals surface area contributed by atoms with Crippen molar-refractivity contribution in [1.82, 2.24) is 4.90 Å². The van der Waals surface area contributed by atoms with Crippen molar-refractivity contribution in [2.75, 3.05) is 36.2 Å². The van der Waals surface area contributed by atoms with Crippen LogP contribution < -0.4 is 0 Å². The molecular weight excluding hydrogens is 274 g/mol. The lowest BCUT2D eigenvalue weighted by Gasteiger charge is -2.33. The fraction of sp³-hybridized carbons (Fsp3) is 1.00. The highest BCUT2D eigenvalue weighted by Gasteiger charge is 2.29. The lowest BCUT2D eigenvalue weighted by Crippen LogP contribution is -2.47. The van der Waals surface area contributed by atoms with E-state index in [0.29, 0.717) is 5.75 Å². The Morgan fingerprint density at radius 2 is 2.31 bits per heavy atom. The van der Waals surface area contributed by atoms with E-state index in [1.165, 1.54) is 6.26 Å². The van der Waals surface area contributed by atoms with Gasteiger partial charge in [-0.05, 0) is 0 Å². The van der Waals surface area contributed by atoms with E-state index in [2.05, 4.69) is 15.9 Å². The van der Waals surface area contributed by atoms with E-state index >= 15 is 0 Å². The van der Waals surface area contributed by atoms with Crippen LogP contribution in [0.1, 0.15) is 0 Å². The molecule has 0 aromatic carbocycles.